The highest BCUT2D eigenvalue weighted by Gasteiger charge is 2.43. The number of aryl methyl sites for hydroxylation is 2. The van der Waals surface area contributed by atoms with Gasteiger partial charge in [0.25, 0.3) is 0 Å². The maximum absolute atomic E-state index is 11.3. The van der Waals surface area contributed by atoms with Crippen molar-refractivity contribution in [1.82, 2.24) is 0 Å². The summed E-state index contributed by atoms with van der Waals surface area (Å²) in [6.45, 7) is 11.2. The summed E-state index contributed by atoms with van der Waals surface area (Å²) in [5.74, 6) is 6.99. The van der Waals surface area contributed by atoms with Gasteiger partial charge in [0, 0.05) is 22.8 Å². The van der Waals surface area contributed by atoms with Crippen molar-refractivity contribution in [3.8, 4) is 17.6 Å². The minimum Gasteiger partial charge on any atom is -0.489 e. The summed E-state index contributed by atoms with van der Waals surface area (Å²) < 4.78 is 11.3. The maximum Gasteiger partial charge on any atom is 0.306 e. The van der Waals surface area contributed by atoms with Crippen LogP contribution in [0.2, 0.25) is 0 Å². The van der Waals surface area contributed by atoms with Crippen LogP contribution in [0.1, 0.15) is 87.1 Å². The van der Waals surface area contributed by atoms with Crippen molar-refractivity contribution in [2.24, 2.45) is 5.41 Å². The lowest BCUT2D eigenvalue weighted by atomic mass is 9.70. The number of ether oxygens (including phenoxy) is 2. The van der Waals surface area contributed by atoms with Crippen LogP contribution in [0.15, 0.2) is 36.4 Å². The Hall–Kier alpha value is -2.77. The van der Waals surface area contributed by atoms with E-state index in [0.29, 0.717) is 13.0 Å². The van der Waals surface area contributed by atoms with Gasteiger partial charge in [0.1, 0.15) is 24.6 Å². The second-order valence-electron chi connectivity index (χ2n) is 10.6. The van der Waals surface area contributed by atoms with Crippen LogP contribution in [0, 0.1) is 31.1 Å². The largest absolute Gasteiger partial charge is 0.489 e. The highest BCUT2D eigenvalue weighted by Crippen LogP contribution is 2.48. The van der Waals surface area contributed by atoms with Gasteiger partial charge >= 0.3 is 5.97 Å². The summed E-state index contributed by atoms with van der Waals surface area (Å²) in [7, 11) is 0. The molecular formula is C31H38O4. The molecular weight excluding hydrogens is 436 g/mol. The van der Waals surface area contributed by atoms with E-state index in [1.54, 1.807) is 0 Å². The highest BCUT2D eigenvalue weighted by atomic mass is 16.6. The molecule has 4 heteroatoms. The number of aliphatic hydroxyl groups is 1. The van der Waals surface area contributed by atoms with Crippen molar-refractivity contribution in [1.29, 1.82) is 0 Å². The molecule has 2 aromatic carbocycles. The molecule has 2 aromatic rings. The van der Waals surface area contributed by atoms with Gasteiger partial charge in [-0.1, -0.05) is 56.9 Å². The first-order chi connectivity index (χ1) is 16.7. The van der Waals surface area contributed by atoms with E-state index >= 15 is 0 Å². The molecule has 4 nitrogen and oxygen atoms in total. The van der Waals surface area contributed by atoms with Gasteiger partial charge in [-0.05, 0) is 80.3 Å². The van der Waals surface area contributed by atoms with Gasteiger partial charge in [-0.3, -0.25) is 4.79 Å². The van der Waals surface area contributed by atoms with E-state index in [4.69, 9.17) is 9.47 Å². The minimum atomic E-state index is -0.559. The van der Waals surface area contributed by atoms with Crippen LogP contribution in [-0.4, -0.2) is 29.9 Å². The third-order valence-electron chi connectivity index (χ3n) is 8.15. The molecule has 0 radical (unpaired) electrons. The van der Waals surface area contributed by atoms with Crippen molar-refractivity contribution in [2.45, 2.75) is 90.8 Å². The molecule has 0 spiro atoms. The molecule has 1 aliphatic heterocycles. The molecule has 2 aliphatic rings. The van der Waals surface area contributed by atoms with Gasteiger partial charge in [0.15, 0.2) is 0 Å². The number of esters is 1. The van der Waals surface area contributed by atoms with Crippen molar-refractivity contribution in [2.75, 3.05) is 6.61 Å². The fraction of sp³-hybridized carbons (Fsp3) is 0.516. The van der Waals surface area contributed by atoms with E-state index in [0.717, 1.165) is 54.5 Å². The van der Waals surface area contributed by atoms with Crippen molar-refractivity contribution in [3.63, 3.8) is 0 Å². The number of hydrogen-bond acceptors (Lipinski definition) is 4. The molecule has 186 valence electrons. The molecule has 35 heavy (non-hydrogen) atoms. The Morgan fingerprint density at radius 1 is 1.11 bits per heavy atom. The molecule has 0 amide bonds. The van der Waals surface area contributed by atoms with Crippen LogP contribution >= 0.6 is 0 Å². The van der Waals surface area contributed by atoms with Gasteiger partial charge < -0.3 is 14.6 Å². The van der Waals surface area contributed by atoms with Gasteiger partial charge in [-0.25, -0.2) is 0 Å². The highest BCUT2D eigenvalue weighted by molar-refractivity contribution is 5.71. The summed E-state index contributed by atoms with van der Waals surface area (Å²) >= 11 is 0. The second kappa shape index (κ2) is 10.1. The average molecular weight is 475 g/mol. The zero-order valence-electron chi connectivity index (χ0n) is 21.7. The molecule has 2 unspecified atom stereocenters. The Morgan fingerprint density at radius 2 is 1.77 bits per heavy atom. The van der Waals surface area contributed by atoms with Gasteiger partial charge in [-0.2, -0.15) is 0 Å². The zero-order chi connectivity index (χ0) is 25.2. The van der Waals surface area contributed by atoms with Crippen LogP contribution in [0.4, 0.5) is 0 Å². The number of carbonyl (C=O) groups is 1. The Balaban J connectivity index is 1.56. The first-order valence-electron chi connectivity index (χ1n) is 12.9. The van der Waals surface area contributed by atoms with Crippen LogP contribution in [-0.2, 0) is 14.9 Å². The first kappa shape index (κ1) is 25.3. The number of cyclic esters (lactones) is 1. The van der Waals surface area contributed by atoms with Crippen LogP contribution in [0.3, 0.4) is 0 Å². The van der Waals surface area contributed by atoms with Gasteiger partial charge in [0.2, 0.25) is 0 Å². The molecule has 1 aliphatic carbocycles. The quantitative estimate of drug-likeness (QED) is 0.376. The molecule has 0 aromatic heterocycles. The van der Waals surface area contributed by atoms with Crippen LogP contribution in [0.25, 0.3) is 0 Å². The lowest BCUT2D eigenvalue weighted by molar-refractivity contribution is -0.142. The summed E-state index contributed by atoms with van der Waals surface area (Å²) in [6.07, 6.45) is 4.54. The number of aliphatic hydroxyl groups excluding tert-OH is 1. The Labute approximate surface area is 210 Å². The monoisotopic (exact) mass is 474 g/mol. The molecule has 1 saturated carbocycles. The van der Waals surface area contributed by atoms with E-state index in [1.807, 2.05) is 6.07 Å². The molecule has 1 heterocycles. The third-order valence-corrected chi connectivity index (χ3v) is 8.15. The minimum absolute atomic E-state index is 0.0181. The zero-order valence-corrected chi connectivity index (χ0v) is 21.7. The normalized spacial score (nSPS) is 19.5. The predicted molar refractivity (Wildman–Crippen MR) is 139 cm³/mol. The number of benzene rings is 2. The SMILES string of the molecule is CCC(CC)(c1ccc(C#CC(O)C2(C)CC2)c(C)c1)c1ccc(OCC2CCC(=O)O2)c(C)c1. The second-order valence-corrected chi connectivity index (χ2v) is 10.6. The van der Waals surface area contributed by atoms with E-state index in [2.05, 4.69) is 76.8 Å². The molecule has 2 atom stereocenters. The van der Waals surface area contributed by atoms with Crippen molar-refractivity contribution < 1.29 is 19.4 Å². The van der Waals surface area contributed by atoms with E-state index < -0.39 is 6.10 Å². The van der Waals surface area contributed by atoms with Crippen LogP contribution in [0.5, 0.6) is 5.75 Å². The topological polar surface area (TPSA) is 55.8 Å². The summed E-state index contributed by atoms with van der Waals surface area (Å²) in [5, 5.41) is 10.4. The standard InChI is InChI=1S/C31H38O4/c1-6-31(7-2,24-10-8-23(21(3)18-24)9-14-28(32)30(5)16-17-30)25-11-13-27(22(4)19-25)34-20-26-12-15-29(33)35-26/h8,10-11,13,18-19,26,28,32H,6-7,12,15-17,20H2,1-5H3. The number of rotatable bonds is 8. The van der Waals surface area contributed by atoms with Crippen LogP contribution < -0.4 is 4.74 Å². The summed E-state index contributed by atoms with van der Waals surface area (Å²) in [5.41, 5.74) is 5.63. The lowest BCUT2D eigenvalue weighted by Gasteiger charge is -2.34. The predicted octanol–water partition coefficient (Wildman–Crippen LogP) is 6.01. The van der Waals surface area contributed by atoms with Crippen molar-refractivity contribution >= 4 is 5.97 Å². The number of carbonyl (C=O) groups excluding carboxylic acids is 1. The molecule has 4 rings (SSSR count). The fourth-order valence-corrected chi connectivity index (χ4v) is 5.12. The van der Waals surface area contributed by atoms with E-state index in [-0.39, 0.29) is 22.9 Å². The molecule has 0 bridgehead atoms. The average Bonchev–Trinajstić information content (AvgIpc) is 3.47. The van der Waals surface area contributed by atoms with E-state index in [9.17, 15) is 9.90 Å². The molecule has 2 fully saturated rings. The van der Waals surface area contributed by atoms with E-state index in [1.165, 1.54) is 11.1 Å². The molecule has 1 saturated heterocycles. The smallest absolute Gasteiger partial charge is 0.306 e. The Kier molecular flexibility index (Phi) is 7.29. The maximum atomic E-state index is 11.3. The first-order valence-corrected chi connectivity index (χ1v) is 12.9. The third kappa shape index (κ3) is 5.26. The van der Waals surface area contributed by atoms with Gasteiger partial charge in [0.05, 0.1) is 0 Å². The summed E-state index contributed by atoms with van der Waals surface area (Å²) in [4.78, 5) is 11.3. The fourth-order valence-electron chi connectivity index (χ4n) is 5.12. The molecule has 1 N–H and O–H groups in total. The lowest BCUT2D eigenvalue weighted by Crippen LogP contribution is -2.26. The van der Waals surface area contributed by atoms with Gasteiger partial charge in [-0.15, -0.1) is 0 Å². The summed E-state index contributed by atoms with van der Waals surface area (Å²) in [6, 6.07) is 13.0. The number of hydrogen-bond donors (Lipinski definition) is 1. The Bertz CT molecular complexity index is 1140. The van der Waals surface area contributed by atoms with Crippen molar-refractivity contribution in [3.05, 3.63) is 64.2 Å². The Morgan fingerprint density at radius 3 is 2.31 bits per heavy atom.